The lowest BCUT2D eigenvalue weighted by Crippen LogP contribution is -2.19. The van der Waals surface area contributed by atoms with E-state index in [9.17, 15) is 9.59 Å². The quantitative estimate of drug-likeness (QED) is 0.0684. The van der Waals surface area contributed by atoms with Crippen molar-refractivity contribution in [2.75, 3.05) is 28.4 Å². The first-order chi connectivity index (χ1) is 21.8. The van der Waals surface area contributed by atoms with Crippen LogP contribution < -0.4 is 29.1 Å². The van der Waals surface area contributed by atoms with Gasteiger partial charge in [0.1, 0.15) is 17.2 Å². The van der Waals surface area contributed by atoms with Crippen molar-refractivity contribution in [3.05, 3.63) is 99.1 Å². The summed E-state index contributed by atoms with van der Waals surface area (Å²) in [6.45, 7) is 0. The van der Waals surface area contributed by atoms with Crippen molar-refractivity contribution in [1.82, 2.24) is 10.4 Å². The molecule has 0 spiro atoms. The molecule has 10 nitrogen and oxygen atoms in total. The van der Waals surface area contributed by atoms with Crippen LogP contribution in [0.5, 0.6) is 28.7 Å². The summed E-state index contributed by atoms with van der Waals surface area (Å²) < 4.78 is 28.0. The lowest BCUT2D eigenvalue weighted by Gasteiger charge is -2.14. The molecule has 1 aromatic heterocycles. The van der Waals surface area contributed by atoms with E-state index in [1.807, 2.05) is 24.3 Å². The van der Waals surface area contributed by atoms with Gasteiger partial charge in [-0.1, -0.05) is 57.9 Å². The van der Waals surface area contributed by atoms with Crippen LogP contribution in [0.2, 0.25) is 5.02 Å². The average Bonchev–Trinajstić information content (AvgIpc) is 3.46. The Kier molecular flexibility index (Phi) is 9.60. The predicted molar refractivity (Wildman–Crippen MR) is 176 cm³/mol. The monoisotopic (exact) mass is 691 g/mol. The molecule has 0 aliphatic heterocycles. The fourth-order valence-corrected chi connectivity index (χ4v) is 5.53. The number of fused-ring (bicyclic) bond motifs is 1. The SMILES string of the molecule is COc1cc(C(=O)Oc2ccccc2C=NNC(=O)c2[nH]c3c(OC)ccc(Br)c3c2-c2ccccc2Cl)cc(OC)c1OC. The summed E-state index contributed by atoms with van der Waals surface area (Å²) in [5.74, 6) is 0.521. The molecule has 0 radical (unpaired) electrons. The van der Waals surface area contributed by atoms with Crippen LogP contribution in [0.4, 0.5) is 0 Å². The molecule has 0 bridgehead atoms. The number of ether oxygens (including phenoxy) is 5. The molecular formula is C33H27BrClN3O7. The highest BCUT2D eigenvalue weighted by molar-refractivity contribution is 9.10. The Balaban J connectivity index is 1.44. The Labute approximate surface area is 272 Å². The number of amides is 1. The van der Waals surface area contributed by atoms with Gasteiger partial charge in [-0.25, -0.2) is 10.2 Å². The van der Waals surface area contributed by atoms with Crippen LogP contribution in [-0.2, 0) is 0 Å². The lowest BCUT2D eigenvalue weighted by molar-refractivity contribution is 0.0733. The number of hydrogen-bond donors (Lipinski definition) is 2. The molecule has 0 aliphatic rings. The number of nitrogens with one attached hydrogen (secondary N) is 2. The van der Waals surface area contributed by atoms with Crippen molar-refractivity contribution in [3.63, 3.8) is 0 Å². The zero-order valence-electron chi connectivity index (χ0n) is 24.6. The summed E-state index contributed by atoms with van der Waals surface area (Å²) in [5, 5.41) is 5.35. The van der Waals surface area contributed by atoms with E-state index in [1.165, 1.54) is 39.7 Å². The Hall–Kier alpha value is -5.00. The first-order valence-corrected chi connectivity index (χ1v) is 14.6. The Morgan fingerprint density at radius 2 is 1.51 bits per heavy atom. The number of aromatic amines is 1. The van der Waals surface area contributed by atoms with E-state index in [1.54, 1.807) is 43.5 Å². The molecule has 5 aromatic rings. The van der Waals surface area contributed by atoms with Gasteiger partial charge < -0.3 is 28.7 Å². The molecule has 45 heavy (non-hydrogen) atoms. The number of hydrazone groups is 1. The number of esters is 1. The van der Waals surface area contributed by atoms with Crippen molar-refractivity contribution in [2.45, 2.75) is 0 Å². The van der Waals surface area contributed by atoms with Gasteiger partial charge in [-0.05, 0) is 42.5 Å². The number of rotatable bonds is 10. The highest BCUT2D eigenvalue weighted by Crippen LogP contribution is 2.43. The normalized spacial score (nSPS) is 11.0. The molecule has 4 aromatic carbocycles. The number of carbonyl (C=O) groups is 2. The number of halogens is 2. The second-order valence-corrected chi connectivity index (χ2v) is 10.7. The summed E-state index contributed by atoms with van der Waals surface area (Å²) in [6.07, 6.45) is 1.38. The number of carbonyl (C=O) groups excluding carboxylic acids is 2. The molecule has 230 valence electrons. The minimum absolute atomic E-state index is 0.178. The van der Waals surface area contributed by atoms with E-state index < -0.39 is 11.9 Å². The molecule has 0 unspecified atom stereocenters. The third kappa shape index (κ3) is 6.31. The Morgan fingerprint density at radius 1 is 0.844 bits per heavy atom. The molecule has 0 saturated heterocycles. The van der Waals surface area contributed by atoms with Crippen molar-refractivity contribution in [3.8, 4) is 39.9 Å². The molecule has 12 heteroatoms. The van der Waals surface area contributed by atoms with Gasteiger partial charge in [-0.15, -0.1) is 0 Å². The second kappa shape index (κ2) is 13.7. The Bertz CT molecular complexity index is 1910. The number of H-pyrrole nitrogens is 1. The minimum Gasteiger partial charge on any atom is -0.495 e. The van der Waals surface area contributed by atoms with E-state index in [-0.39, 0.29) is 17.0 Å². The van der Waals surface area contributed by atoms with Crippen molar-refractivity contribution in [1.29, 1.82) is 0 Å². The van der Waals surface area contributed by atoms with Crippen LogP contribution in [0.25, 0.3) is 22.0 Å². The van der Waals surface area contributed by atoms with Crippen molar-refractivity contribution < 1.29 is 33.3 Å². The molecule has 2 N–H and O–H groups in total. The number of benzene rings is 4. The molecule has 5 rings (SSSR count). The minimum atomic E-state index is -0.666. The van der Waals surface area contributed by atoms with Crippen LogP contribution >= 0.6 is 27.5 Å². The third-order valence-electron chi connectivity index (χ3n) is 6.85. The van der Waals surface area contributed by atoms with Gasteiger partial charge in [0, 0.05) is 31.6 Å². The third-order valence-corrected chi connectivity index (χ3v) is 7.84. The van der Waals surface area contributed by atoms with Crippen LogP contribution in [0, 0.1) is 0 Å². The van der Waals surface area contributed by atoms with Crippen molar-refractivity contribution >= 4 is 56.5 Å². The van der Waals surface area contributed by atoms with E-state index in [0.717, 1.165) is 9.86 Å². The molecule has 1 amide bonds. The fraction of sp³-hybridized carbons (Fsp3) is 0.121. The molecule has 1 heterocycles. The van der Waals surface area contributed by atoms with Gasteiger partial charge >= 0.3 is 5.97 Å². The van der Waals surface area contributed by atoms with Crippen LogP contribution in [-0.4, -0.2) is 51.5 Å². The molecule has 0 atom stereocenters. The zero-order valence-corrected chi connectivity index (χ0v) is 26.9. The number of para-hydroxylation sites is 1. The van der Waals surface area contributed by atoms with E-state index >= 15 is 0 Å². The number of methoxy groups -OCH3 is 4. The number of nitrogens with zero attached hydrogens (tertiary/aromatic N) is 1. The molecule has 0 aliphatic carbocycles. The lowest BCUT2D eigenvalue weighted by atomic mass is 10.0. The predicted octanol–water partition coefficient (Wildman–Crippen LogP) is 7.27. The maximum atomic E-state index is 13.6. The van der Waals surface area contributed by atoms with Crippen LogP contribution in [0.1, 0.15) is 26.4 Å². The summed E-state index contributed by atoms with van der Waals surface area (Å²) >= 11 is 10.2. The Morgan fingerprint density at radius 3 is 2.18 bits per heavy atom. The second-order valence-electron chi connectivity index (χ2n) is 9.39. The van der Waals surface area contributed by atoms with Crippen LogP contribution in [0.15, 0.2) is 82.4 Å². The zero-order chi connectivity index (χ0) is 32.1. The smallest absolute Gasteiger partial charge is 0.343 e. The summed E-state index contributed by atoms with van der Waals surface area (Å²) in [5.41, 5.74) is 5.24. The van der Waals surface area contributed by atoms with Gasteiger partial charge in [-0.2, -0.15) is 5.10 Å². The van der Waals surface area contributed by atoms with E-state index in [4.69, 9.17) is 35.3 Å². The molecule has 0 fully saturated rings. The van der Waals surface area contributed by atoms with Gasteiger partial charge in [0.15, 0.2) is 11.5 Å². The van der Waals surface area contributed by atoms with Crippen LogP contribution in [0.3, 0.4) is 0 Å². The topological polar surface area (TPSA) is 120 Å². The maximum Gasteiger partial charge on any atom is 0.343 e. The summed E-state index contributed by atoms with van der Waals surface area (Å²) in [4.78, 5) is 29.9. The average molecular weight is 693 g/mol. The van der Waals surface area contributed by atoms with Gasteiger partial charge in [0.2, 0.25) is 5.75 Å². The largest absolute Gasteiger partial charge is 0.495 e. The van der Waals surface area contributed by atoms with E-state index in [0.29, 0.717) is 50.2 Å². The van der Waals surface area contributed by atoms with Crippen molar-refractivity contribution in [2.24, 2.45) is 5.10 Å². The van der Waals surface area contributed by atoms with Gasteiger partial charge in [0.05, 0.1) is 45.7 Å². The summed E-state index contributed by atoms with van der Waals surface area (Å²) in [6, 6.07) is 20.6. The number of aromatic nitrogens is 1. The maximum absolute atomic E-state index is 13.6. The molecule has 0 saturated carbocycles. The first-order valence-electron chi connectivity index (χ1n) is 13.4. The highest BCUT2D eigenvalue weighted by atomic mass is 79.9. The molecular weight excluding hydrogens is 666 g/mol. The first kappa shape index (κ1) is 31.4. The van der Waals surface area contributed by atoms with E-state index in [2.05, 4.69) is 31.4 Å². The fourth-order valence-electron chi connectivity index (χ4n) is 4.77. The highest BCUT2D eigenvalue weighted by Gasteiger charge is 2.24. The summed E-state index contributed by atoms with van der Waals surface area (Å²) in [7, 11) is 5.93. The number of hydrogen-bond acceptors (Lipinski definition) is 8. The standard InChI is InChI=1S/C33H27BrClN3O7/c1-41-24-14-13-21(34)28-27(20-10-6-7-11-22(20)35)30(37-29(24)28)32(39)38-36-17-18-9-5-8-12-23(18)45-33(40)19-15-25(42-2)31(44-4)26(16-19)43-3/h5-17,37H,1-4H3,(H,38,39). The van der Waals surface area contributed by atoms with Gasteiger partial charge in [-0.3, -0.25) is 4.79 Å². The van der Waals surface area contributed by atoms with Gasteiger partial charge in [0.25, 0.3) is 5.91 Å².